The summed E-state index contributed by atoms with van der Waals surface area (Å²) in [4.78, 5) is 16.6. The maximum absolute atomic E-state index is 12.0. The van der Waals surface area contributed by atoms with E-state index in [0.717, 1.165) is 56.1 Å². The number of aromatic nitrogens is 2. The van der Waals surface area contributed by atoms with Crippen molar-refractivity contribution in [2.45, 2.75) is 19.9 Å². The summed E-state index contributed by atoms with van der Waals surface area (Å²) in [5.41, 5.74) is 2.99. The molecule has 0 atom stereocenters. The molecule has 1 aliphatic rings. The first kappa shape index (κ1) is 21.8. The van der Waals surface area contributed by atoms with Crippen LogP contribution < -0.4 is 5.32 Å². The summed E-state index contributed by atoms with van der Waals surface area (Å²) in [5, 5.41) is 8.25. The van der Waals surface area contributed by atoms with Gasteiger partial charge in [0.25, 0.3) is 0 Å². The Morgan fingerprint density at radius 1 is 1.17 bits per heavy atom. The molecule has 0 radical (unpaired) electrons. The van der Waals surface area contributed by atoms with Crippen molar-refractivity contribution >= 4 is 17.5 Å². The molecule has 0 saturated carbocycles. The molecule has 2 aromatic rings. The van der Waals surface area contributed by atoms with E-state index >= 15 is 0 Å². The normalized spacial score (nSPS) is 15.6. The zero-order chi connectivity index (χ0) is 20.6. The van der Waals surface area contributed by atoms with E-state index in [9.17, 15) is 4.79 Å². The standard InChI is InChI=1S/C21H30ClN5O2/c1-17-19(21(22)27(24-17)18-7-4-3-5-8-18)15-25-10-12-26(13-11-25)16-20(28)23-9-6-14-29-2/h3-5,7-8H,6,9-16H2,1-2H3,(H,23,28). The molecular formula is C21H30ClN5O2. The maximum atomic E-state index is 12.0. The van der Waals surface area contributed by atoms with Crippen molar-refractivity contribution in [1.82, 2.24) is 24.9 Å². The van der Waals surface area contributed by atoms with Gasteiger partial charge in [0.15, 0.2) is 0 Å². The number of hydrogen-bond acceptors (Lipinski definition) is 5. The van der Waals surface area contributed by atoms with Crippen LogP contribution in [0.1, 0.15) is 17.7 Å². The van der Waals surface area contributed by atoms with Gasteiger partial charge in [0.1, 0.15) is 5.15 Å². The number of amides is 1. The number of halogens is 1. The Morgan fingerprint density at radius 2 is 1.86 bits per heavy atom. The van der Waals surface area contributed by atoms with Crippen LogP contribution in [-0.2, 0) is 16.1 Å². The summed E-state index contributed by atoms with van der Waals surface area (Å²) in [6.07, 6.45) is 0.840. The Bertz CT molecular complexity index is 788. The van der Waals surface area contributed by atoms with E-state index in [-0.39, 0.29) is 5.91 Å². The van der Waals surface area contributed by atoms with Crippen molar-refractivity contribution < 1.29 is 9.53 Å². The van der Waals surface area contributed by atoms with Gasteiger partial charge in [-0.1, -0.05) is 29.8 Å². The molecule has 1 fully saturated rings. The highest BCUT2D eigenvalue weighted by Crippen LogP contribution is 2.25. The zero-order valence-electron chi connectivity index (χ0n) is 17.2. The molecule has 1 aromatic heterocycles. The molecule has 1 saturated heterocycles. The van der Waals surface area contributed by atoms with Gasteiger partial charge in [-0.15, -0.1) is 0 Å². The molecule has 158 valence electrons. The van der Waals surface area contributed by atoms with Gasteiger partial charge < -0.3 is 10.1 Å². The molecule has 8 heteroatoms. The number of carbonyl (C=O) groups excluding carboxylic acids is 1. The highest BCUT2D eigenvalue weighted by atomic mass is 35.5. The lowest BCUT2D eigenvalue weighted by molar-refractivity contribution is -0.122. The summed E-state index contributed by atoms with van der Waals surface area (Å²) < 4.78 is 6.80. The second kappa shape index (κ2) is 10.7. The summed E-state index contributed by atoms with van der Waals surface area (Å²) >= 11 is 6.65. The molecule has 3 rings (SSSR count). The third-order valence-electron chi connectivity index (χ3n) is 5.18. The fraction of sp³-hybridized carbons (Fsp3) is 0.524. The van der Waals surface area contributed by atoms with Crippen LogP contribution in [-0.4, -0.2) is 78.5 Å². The van der Waals surface area contributed by atoms with Gasteiger partial charge in [0, 0.05) is 58.5 Å². The minimum Gasteiger partial charge on any atom is -0.385 e. The quantitative estimate of drug-likeness (QED) is 0.631. The lowest BCUT2D eigenvalue weighted by Crippen LogP contribution is -2.49. The van der Waals surface area contributed by atoms with Gasteiger partial charge in [-0.25, -0.2) is 4.68 Å². The predicted molar refractivity (Wildman–Crippen MR) is 115 cm³/mol. The Kier molecular flexibility index (Phi) is 8.06. The molecular weight excluding hydrogens is 390 g/mol. The van der Waals surface area contributed by atoms with Crippen LogP contribution in [0.25, 0.3) is 5.69 Å². The fourth-order valence-electron chi connectivity index (χ4n) is 3.48. The van der Waals surface area contributed by atoms with E-state index in [4.69, 9.17) is 16.3 Å². The van der Waals surface area contributed by atoms with E-state index in [2.05, 4.69) is 20.2 Å². The van der Waals surface area contributed by atoms with Crippen molar-refractivity contribution in [1.29, 1.82) is 0 Å². The first-order valence-electron chi connectivity index (χ1n) is 10.1. The van der Waals surface area contributed by atoms with Crippen LogP contribution in [0.5, 0.6) is 0 Å². The largest absolute Gasteiger partial charge is 0.385 e. The monoisotopic (exact) mass is 419 g/mol. The number of benzene rings is 1. The molecule has 0 bridgehead atoms. The number of methoxy groups -OCH3 is 1. The number of ether oxygens (including phenoxy) is 1. The van der Waals surface area contributed by atoms with Crippen molar-refractivity contribution in [3.8, 4) is 5.69 Å². The Hall–Kier alpha value is -1.93. The summed E-state index contributed by atoms with van der Waals surface area (Å²) in [6.45, 7) is 8.11. The number of rotatable bonds is 9. The molecule has 0 spiro atoms. The Labute approximate surface area is 177 Å². The van der Waals surface area contributed by atoms with Crippen LogP contribution in [0.15, 0.2) is 30.3 Å². The first-order valence-corrected chi connectivity index (χ1v) is 10.5. The van der Waals surface area contributed by atoms with Gasteiger partial charge in [-0.3, -0.25) is 14.6 Å². The van der Waals surface area contributed by atoms with Crippen LogP contribution in [0.3, 0.4) is 0 Å². The summed E-state index contributed by atoms with van der Waals surface area (Å²) in [5.74, 6) is 0.0811. The third-order valence-corrected chi connectivity index (χ3v) is 5.57. The number of hydrogen-bond donors (Lipinski definition) is 1. The van der Waals surface area contributed by atoms with Gasteiger partial charge >= 0.3 is 0 Å². The number of carbonyl (C=O) groups is 1. The number of nitrogens with zero attached hydrogens (tertiary/aromatic N) is 4. The van der Waals surface area contributed by atoms with Crippen LogP contribution in [0.2, 0.25) is 5.15 Å². The topological polar surface area (TPSA) is 62.6 Å². The van der Waals surface area contributed by atoms with Gasteiger partial charge in [-0.05, 0) is 25.5 Å². The number of nitrogens with one attached hydrogen (secondary N) is 1. The molecule has 0 unspecified atom stereocenters. The molecule has 0 aliphatic carbocycles. The Morgan fingerprint density at radius 3 is 2.55 bits per heavy atom. The van der Waals surface area contributed by atoms with E-state index in [1.165, 1.54) is 0 Å². The first-order chi connectivity index (χ1) is 14.1. The lowest BCUT2D eigenvalue weighted by Gasteiger charge is -2.34. The molecule has 1 aromatic carbocycles. The molecule has 1 N–H and O–H groups in total. The third kappa shape index (κ3) is 6.02. The molecule has 1 amide bonds. The number of piperazine rings is 1. The maximum Gasteiger partial charge on any atom is 0.234 e. The van der Waals surface area contributed by atoms with Crippen molar-refractivity contribution in [2.75, 3.05) is 53.0 Å². The smallest absolute Gasteiger partial charge is 0.234 e. The van der Waals surface area contributed by atoms with Gasteiger partial charge in [0.05, 0.1) is 17.9 Å². The summed E-state index contributed by atoms with van der Waals surface area (Å²) in [6, 6.07) is 9.95. The number of aryl methyl sites for hydroxylation is 1. The SMILES string of the molecule is COCCCNC(=O)CN1CCN(Cc2c(C)nn(-c3ccccc3)c2Cl)CC1. The minimum absolute atomic E-state index is 0.0811. The van der Waals surface area contributed by atoms with E-state index in [1.54, 1.807) is 11.8 Å². The highest BCUT2D eigenvalue weighted by Gasteiger charge is 2.22. The second-order valence-electron chi connectivity index (χ2n) is 7.35. The summed E-state index contributed by atoms with van der Waals surface area (Å²) in [7, 11) is 1.67. The van der Waals surface area contributed by atoms with E-state index in [0.29, 0.717) is 24.8 Å². The predicted octanol–water partition coefficient (Wildman–Crippen LogP) is 2.10. The van der Waals surface area contributed by atoms with Gasteiger partial charge in [0.2, 0.25) is 5.91 Å². The zero-order valence-corrected chi connectivity index (χ0v) is 18.0. The fourth-order valence-corrected chi connectivity index (χ4v) is 3.82. The molecule has 2 heterocycles. The van der Waals surface area contributed by atoms with Crippen LogP contribution >= 0.6 is 11.6 Å². The van der Waals surface area contributed by atoms with E-state index < -0.39 is 0 Å². The lowest BCUT2D eigenvalue weighted by atomic mass is 10.2. The molecule has 29 heavy (non-hydrogen) atoms. The van der Waals surface area contributed by atoms with E-state index in [1.807, 2.05) is 37.3 Å². The van der Waals surface area contributed by atoms with Crippen molar-refractivity contribution in [3.63, 3.8) is 0 Å². The number of para-hydroxylation sites is 1. The van der Waals surface area contributed by atoms with Crippen LogP contribution in [0.4, 0.5) is 0 Å². The minimum atomic E-state index is 0.0811. The Balaban J connectivity index is 1.49. The average Bonchev–Trinajstić information content (AvgIpc) is 3.01. The second-order valence-corrected chi connectivity index (χ2v) is 7.71. The van der Waals surface area contributed by atoms with Gasteiger partial charge in [-0.2, -0.15) is 5.10 Å². The van der Waals surface area contributed by atoms with Crippen LogP contribution in [0, 0.1) is 6.92 Å². The van der Waals surface area contributed by atoms with Crippen molar-refractivity contribution in [2.24, 2.45) is 0 Å². The molecule has 7 nitrogen and oxygen atoms in total. The highest BCUT2D eigenvalue weighted by molar-refractivity contribution is 6.30. The average molecular weight is 420 g/mol. The van der Waals surface area contributed by atoms with Crippen molar-refractivity contribution in [3.05, 3.63) is 46.7 Å². The molecule has 1 aliphatic heterocycles.